The fourth-order valence-electron chi connectivity index (χ4n) is 2.44. The maximum atomic E-state index is 11.9. The molecule has 0 aromatic carbocycles. The maximum Gasteiger partial charge on any atom is 0.251 e. The highest BCUT2D eigenvalue weighted by atomic mass is 16.3. The van der Waals surface area contributed by atoms with Gasteiger partial charge in [0.15, 0.2) is 0 Å². The molecule has 4 nitrogen and oxygen atoms in total. The molecule has 1 fully saturated rings. The first-order valence-electron chi connectivity index (χ1n) is 6.56. The highest BCUT2D eigenvalue weighted by Gasteiger charge is 2.23. The van der Waals surface area contributed by atoms with Crippen LogP contribution in [0.1, 0.15) is 41.7 Å². The Labute approximate surface area is 107 Å². The third-order valence-electron chi connectivity index (χ3n) is 3.55. The molecule has 2 unspecified atom stereocenters. The predicted molar refractivity (Wildman–Crippen MR) is 69.3 cm³/mol. The Kier molecular flexibility index (Phi) is 4.31. The average molecular weight is 248 g/mol. The standard InChI is InChI=1S/C14H20N2O2/c1-10-8-11(6-7-15-10)14(18)16-9-12-4-2-3-5-13(12)17/h6-8,12-13,17H,2-5,9H2,1H3,(H,16,18). The average Bonchev–Trinajstić information content (AvgIpc) is 2.37. The van der Waals surface area contributed by atoms with Crippen molar-refractivity contribution >= 4 is 5.91 Å². The van der Waals surface area contributed by atoms with E-state index in [4.69, 9.17) is 0 Å². The van der Waals surface area contributed by atoms with Crippen molar-refractivity contribution in [3.05, 3.63) is 29.6 Å². The molecule has 98 valence electrons. The van der Waals surface area contributed by atoms with Crippen LogP contribution in [0.3, 0.4) is 0 Å². The monoisotopic (exact) mass is 248 g/mol. The molecule has 0 spiro atoms. The number of carbonyl (C=O) groups excluding carboxylic acids is 1. The Balaban J connectivity index is 1.88. The highest BCUT2D eigenvalue weighted by molar-refractivity contribution is 5.94. The van der Waals surface area contributed by atoms with E-state index in [1.807, 2.05) is 6.92 Å². The van der Waals surface area contributed by atoms with E-state index in [1.165, 1.54) is 0 Å². The van der Waals surface area contributed by atoms with Crippen LogP contribution in [-0.4, -0.2) is 28.6 Å². The van der Waals surface area contributed by atoms with Crippen LogP contribution in [-0.2, 0) is 0 Å². The number of hydrogen-bond acceptors (Lipinski definition) is 3. The molecule has 1 aliphatic carbocycles. The molecule has 1 saturated carbocycles. The highest BCUT2D eigenvalue weighted by Crippen LogP contribution is 2.23. The Morgan fingerprint density at radius 1 is 1.50 bits per heavy atom. The van der Waals surface area contributed by atoms with Crippen molar-refractivity contribution in [3.63, 3.8) is 0 Å². The van der Waals surface area contributed by atoms with Gasteiger partial charge in [-0.1, -0.05) is 12.8 Å². The Hall–Kier alpha value is -1.42. The van der Waals surface area contributed by atoms with Crippen LogP contribution in [0.4, 0.5) is 0 Å². The molecule has 2 rings (SSSR count). The quantitative estimate of drug-likeness (QED) is 0.855. The van der Waals surface area contributed by atoms with Crippen LogP contribution >= 0.6 is 0 Å². The molecule has 1 heterocycles. The molecular weight excluding hydrogens is 228 g/mol. The third-order valence-corrected chi connectivity index (χ3v) is 3.55. The van der Waals surface area contributed by atoms with Crippen molar-refractivity contribution in [1.82, 2.24) is 10.3 Å². The van der Waals surface area contributed by atoms with Crippen LogP contribution in [0.15, 0.2) is 18.3 Å². The summed E-state index contributed by atoms with van der Waals surface area (Å²) in [6.07, 6.45) is 5.46. The van der Waals surface area contributed by atoms with Gasteiger partial charge in [-0.05, 0) is 31.9 Å². The van der Waals surface area contributed by atoms with Crippen LogP contribution in [0.5, 0.6) is 0 Å². The molecule has 2 N–H and O–H groups in total. The van der Waals surface area contributed by atoms with Gasteiger partial charge in [-0.3, -0.25) is 9.78 Å². The lowest BCUT2D eigenvalue weighted by Gasteiger charge is -2.27. The van der Waals surface area contributed by atoms with Gasteiger partial charge in [-0.25, -0.2) is 0 Å². The summed E-state index contributed by atoms with van der Waals surface area (Å²) in [6.45, 7) is 2.42. The van der Waals surface area contributed by atoms with Crippen molar-refractivity contribution < 1.29 is 9.90 Å². The van der Waals surface area contributed by atoms with Crippen molar-refractivity contribution in [3.8, 4) is 0 Å². The van der Waals surface area contributed by atoms with E-state index in [1.54, 1.807) is 18.3 Å². The molecule has 18 heavy (non-hydrogen) atoms. The summed E-state index contributed by atoms with van der Waals surface area (Å²) in [5, 5.41) is 12.7. The van der Waals surface area contributed by atoms with Crippen LogP contribution in [0, 0.1) is 12.8 Å². The van der Waals surface area contributed by atoms with Crippen molar-refractivity contribution in [2.45, 2.75) is 38.7 Å². The van der Waals surface area contributed by atoms with E-state index in [2.05, 4.69) is 10.3 Å². The Morgan fingerprint density at radius 3 is 3.00 bits per heavy atom. The van der Waals surface area contributed by atoms with Gasteiger partial charge in [0, 0.05) is 29.9 Å². The molecule has 0 bridgehead atoms. The van der Waals surface area contributed by atoms with E-state index >= 15 is 0 Å². The van der Waals surface area contributed by atoms with Gasteiger partial charge < -0.3 is 10.4 Å². The first-order valence-corrected chi connectivity index (χ1v) is 6.56. The van der Waals surface area contributed by atoms with E-state index in [-0.39, 0.29) is 17.9 Å². The number of pyridine rings is 1. The van der Waals surface area contributed by atoms with E-state index < -0.39 is 0 Å². The molecular formula is C14H20N2O2. The summed E-state index contributed by atoms with van der Waals surface area (Å²) < 4.78 is 0. The van der Waals surface area contributed by atoms with E-state index in [0.29, 0.717) is 12.1 Å². The minimum Gasteiger partial charge on any atom is -0.393 e. The van der Waals surface area contributed by atoms with Gasteiger partial charge in [0.2, 0.25) is 0 Å². The molecule has 0 saturated heterocycles. The number of nitrogens with one attached hydrogen (secondary N) is 1. The molecule has 0 aliphatic heterocycles. The minimum absolute atomic E-state index is 0.0849. The number of rotatable bonds is 3. The largest absolute Gasteiger partial charge is 0.393 e. The normalized spacial score (nSPS) is 23.7. The van der Waals surface area contributed by atoms with Crippen LogP contribution in [0.2, 0.25) is 0 Å². The minimum atomic E-state index is -0.266. The van der Waals surface area contributed by atoms with Gasteiger partial charge in [-0.15, -0.1) is 0 Å². The molecule has 2 atom stereocenters. The number of aryl methyl sites for hydroxylation is 1. The summed E-state index contributed by atoms with van der Waals surface area (Å²) in [6, 6.07) is 3.48. The molecule has 1 aromatic heterocycles. The summed E-state index contributed by atoms with van der Waals surface area (Å²) in [5.41, 5.74) is 1.47. The summed E-state index contributed by atoms with van der Waals surface area (Å²) >= 11 is 0. The van der Waals surface area contributed by atoms with E-state index in [0.717, 1.165) is 31.4 Å². The topological polar surface area (TPSA) is 62.2 Å². The molecule has 1 amide bonds. The smallest absolute Gasteiger partial charge is 0.251 e. The van der Waals surface area contributed by atoms with Crippen molar-refractivity contribution in [1.29, 1.82) is 0 Å². The SMILES string of the molecule is Cc1cc(C(=O)NCC2CCCCC2O)ccn1. The zero-order valence-corrected chi connectivity index (χ0v) is 10.7. The van der Waals surface area contributed by atoms with Gasteiger partial charge >= 0.3 is 0 Å². The number of hydrogen-bond donors (Lipinski definition) is 2. The summed E-state index contributed by atoms with van der Waals surface area (Å²) in [4.78, 5) is 16.0. The van der Waals surface area contributed by atoms with Gasteiger partial charge in [-0.2, -0.15) is 0 Å². The molecule has 4 heteroatoms. The predicted octanol–water partition coefficient (Wildman–Crippen LogP) is 1.67. The molecule has 1 aliphatic rings. The second-order valence-corrected chi connectivity index (χ2v) is 5.01. The zero-order valence-electron chi connectivity index (χ0n) is 10.7. The van der Waals surface area contributed by atoms with Gasteiger partial charge in [0.1, 0.15) is 0 Å². The Bertz CT molecular complexity index is 420. The lowest BCUT2D eigenvalue weighted by atomic mass is 9.86. The number of amides is 1. The number of aromatic nitrogens is 1. The third kappa shape index (κ3) is 3.29. The number of carbonyl (C=O) groups is 1. The first kappa shape index (κ1) is 13.0. The zero-order chi connectivity index (χ0) is 13.0. The van der Waals surface area contributed by atoms with Gasteiger partial charge in [0.25, 0.3) is 5.91 Å². The fraction of sp³-hybridized carbons (Fsp3) is 0.571. The second kappa shape index (κ2) is 5.96. The second-order valence-electron chi connectivity index (χ2n) is 5.01. The number of aliphatic hydroxyl groups excluding tert-OH is 1. The Morgan fingerprint density at radius 2 is 2.28 bits per heavy atom. The summed E-state index contributed by atoms with van der Waals surface area (Å²) in [5.74, 6) is 0.115. The number of nitrogens with zero attached hydrogens (tertiary/aromatic N) is 1. The number of aliphatic hydroxyl groups is 1. The lowest BCUT2D eigenvalue weighted by molar-refractivity contribution is 0.0663. The molecule has 0 radical (unpaired) electrons. The lowest BCUT2D eigenvalue weighted by Crippen LogP contribution is -2.36. The van der Waals surface area contributed by atoms with Crippen molar-refractivity contribution in [2.75, 3.05) is 6.54 Å². The maximum absolute atomic E-state index is 11.9. The summed E-state index contributed by atoms with van der Waals surface area (Å²) in [7, 11) is 0. The van der Waals surface area contributed by atoms with Crippen molar-refractivity contribution in [2.24, 2.45) is 5.92 Å². The van der Waals surface area contributed by atoms with Gasteiger partial charge in [0.05, 0.1) is 6.10 Å². The molecule has 1 aromatic rings. The fourth-order valence-corrected chi connectivity index (χ4v) is 2.44. The van der Waals surface area contributed by atoms with Crippen LogP contribution < -0.4 is 5.32 Å². The van der Waals surface area contributed by atoms with E-state index in [9.17, 15) is 9.90 Å². The van der Waals surface area contributed by atoms with Crippen LogP contribution in [0.25, 0.3) is 0 Å². The first-order chi connectivity index (χ1) is 8.66.